The highest BCUT2D eigenvalue weighted by Crippen LogP contribution is 2.06. The van der Waals surface area contributed by atoms with Crippen molar-refractivity contribution in [3.05, 3.63) is 0 Å². The van der Waals surface area contributed by atoms with Crippen molar-refractivity contribution in [2.45, 2.75) is 26.3 Å². The van der Waals surface area contributed by atoms with E-state index in [1.807, 2.05) is 13.8 Å². The summed E-state index contributed by atoms with van der Waals surface area (Å²) in [6.45, 7) is 3.65. The van der Waals surface area contributed by atoms with Crippen molar-refractivity contribution in [2.75, 3.05) is 6.54 Å². The maximum atomic E-state index is 10.9. The number of hydrogen-bond acceptors (Lipinski definition) is 3. The molecule has 0 saturated heterocycles. The van der Waals surface area contributed by atoms with Gasteiger partial charge in [0.2, 0.25) is 11.8 Å². The molecule has 0 aromatic heterocycles. The summed E-state index contributed by atoms with van der Waals surface area (Å²) in [6.07, 6.45) is 0.776. The van der Waals surface area contributed by atoms with Gasteiger partial charge in [0.1, 0.15) is 6.04 Å². The lowest BCUT2D eigenvalue weighted by Gasteiger charge is -2.20. The van der Waals surface area contributed by atoms with Gasteiger partial charge in [0, 0.05) is 0 Å². The van der Waals surface area contributed by atoms with E-state index in [0.29, 0.717) is 0 Å². The smallest absolute Gasteiger partial charge is 0.240 e. The Morgan fingerprint density at radius 3 is 2.31 bits per heavy atom. The highest BCUT2D eigenvalue weighted by atomic mass is 16.2. The lowest BCUT2D eigenvalue weighted by Crippen LogP contribution is -2.49. The van der Waals surface area contributed by atoms with Gasteiger partial charge in [-0.3, -0.25) is 9.59 Å². The van der Waals surface area contributed by atoms with Gasteiger partial charge >= 0.3 is 0 Å². The van der Waals surface area contributed by atoms with Crippen LogP contribution in [0.1, 0.15) is 20.3 Å². The number of nitrogens with two attached hydrogens (primary N) is 2. The summed E-state index contributed by atoms with van der Waals surface area (Å²) in [7, 11) is 0. The minimum absolute atomic E-state index is 0.0352. The molecule has 0 spiro atoms. The molecule has 0 saturated carbocycles. The molecule has 5 nitrogen and oxygen atoms in total. The predicted octanol–water partition coefficient (Wildman–Crippen LogP) is -1.04. The molecule has 13 heavy (non-hydrogen) atoms. The van der Waals surface area contributed by atoms with Gasteiger partial charge < -0.3 is 16.8 Å². The minimum Gasteiger partial charge on any atom is -0.368 e. The average Bonchev–Trinajstić information content (AvgIpc) is 2.11. The molecule has 0 aromatic rings. The standard InChI is InChI=1S/C8H17N3O2/c1-3-5(2)7(8(10)13)11-6(12)4-9/h5,7H,3-4,9H2,1-2H3,(H2,10,13)(H,11,12). The Kier molecular flexibility index (Phi) is 5.06. The molecule has 0 rings (SSSR count). The van der Waals surface area contributed by atoms with Crippen LogP contribution < -0.4 is 16.8 Å². The van der Waals surface area contributed by atoms with Crippen molar-refractivity contribution >= 4 is 11.8 Å². The molecule has 2 unspecified atom stereocenters. The average molecular weight is 187 g/mol. The Balaban J connectivity index is 4.26. The van der Waals surface area contributed by atoms with Crippen LogP contribution in [0.4, 0.5) is 0 Å². The van der Waals surface area contributed by atoms with E-state index in [4.69, 9.17) is 11.5 Å². The van der Waals surface area contributed by atoms with E-state index >= 15 is 0 Å². The van der Waals surface area contributed by atoms with E-state index in [1.54, 1.807) is 0 Å². The van der Waals surface area contributed by atoms with E-state index < -0.39 is 11.9 Å². The molecule has 0 aliphatic heterocycles. The monoisotopic (exact) mass is 187 g/mol. The first-order chi connectivity index (χ1) is 6.02. The highest BCUT2D eigenvalue weighted by Gasteiger charge is 2.22. The van der Waals surface area contributed by atoms with Crippen LogP contribution in [0.25, 0.3) is 0 Å². The largest absolute Gasteiger partial charge is 0.368 e. The van der Waals surface area contributed by atoms with Gasteiger partial charge in [-0.15, -0.1) is 0 Å². The van der Waals surface area contributed by atoms with Gasteiger partial charge in [0.25, 0.3) is 0 Å². The summed E-state index contributed by atoms with van der Waals surface area (Å²) in [5.74, 6) is -0.840. The number of primary amides is 1. The Morgan fingerprint density at radius 1 is 1.46 bits per heavy atom. The zero-order valence-corrected chi connectivity index (χ0v) is 8.04. The fourth-order valence-electron chi connectivity index (χ4n) is 0.962. The van der Waals surface area contributed by atoms with Gasteiger partial charge in [0.05, 0.1) is 6.54 Å². The van der Waals surface area contributed by atoms with Crippen LogP contribution in [0, 0.1) is 5.92 Å². The normalized spacial score (nSPS) is 14.7. The number of carbonyl (C=O) groups is 2. The Hall–Kier alpha value is -1.10. The van der Waals surface area contributed by atoms with Crippen molar-refractivity contribution in [3.8, 4) is 0 Å². The van der Waals surface area contributed by atoms with Crippen LogP contribution >= 0.6 is 0 Å². The lowest BCUT2D eigenvalue weighted by atomic mass is 9.99. The molecule has 0 fully saturated rings. The van der Waals surface area contributed by atoms with Crippen LogP contribution in [0.3, 0.4) is 0 Å². The zero-order valence-electron chi connectivity index (χ0n) is 8.04. The SMILES string of the molecule is CCC(C)C(NC(=O)CN)C(N)=O. The Labute approximate surface area is 77.8 Å². The highest BCUT2D eigenvalue weighted by molar-refractivity contribution is 5.87. The van der Waals surface area contributed by atoms with Crippen molar-refractivity contribution in [1.29, 1.82) is 0 Å². The van der Waals surface area contributed by atoms with E-state index in [0.717, 1.165) is 6.42 Å². The molecule has 0 heterocycles. The maximum Gasteiger partial charge on any atom is 0.240 e. The molecule has 0 radical (unpaired) electrons. The minimum atomic E-state index is -0.610. The van der Waals surface area contributed by atoms with Gasteiger partial charge in [-0.1, -0.05) is 20.3 Å². The van der Waals surface area contributed by atoms with E-state index in [9.17, 15) is 9.59 Å². The first kappa shape index (κ1) is 11.9. The summed E-state index contributed by atoms with van der Waals surface area (Å²) >= 11 is 0. The van der Waals surface area contributed by atoms with E-state index in [-0.39, 0.29) is 18.4 Å². The van der Waals surface area contributed by atoms with Crippen LogP contribution in [0.2, 0.25) is 0 Å². The molecule has 2 amide bonds. The third kappa shape index (κ3) is 3.89. The summed E-state index contributed by atoms with van der Waals surface area (Å²) in [4.78, 5) is 21.8. The third-order valence-corrected chi connectivity index (χ3v) is 2.02. The summed E-state index contributed by atoms with van der Waals surface area (Å²) < 4.78 is 0. The molecule has 2 atom stereocenters. The molecular weight excluding hydrogens is 170 g/mol. The summed E-state index contributed by atoms with van der Waals surface area (Å²) in [5, 5.41) is 2.48. The third-order valence-electron chi connectivity index (χ3n) is 2.02. The van der Waals surface area contributed by atoms with Gasteiger partial charge in [-0.25, -0.2) is 0 Å². The molecule has 0 aliphatic carbocycles. The number of amides is 2. The first-order valence-corrected chi connectivity index (χ1v) is 4.31. The topological polar surface area (TPSA) is 98.2 Å². The second-order valence-corrected chi connectivity index (χ2v) is 3.04. The number of nitrogens with one attached hydrogen (secondary N) is 1. The first-order valence-electron chi connectivity index (χ1n) is 4.31. The van der Waals surface area contributed by atoms with E-state index in [2.05, 4.69) is 5.32 Å². The second-order valence-electron chi connectivity index (χ2n) is 3.04. The lowest BCUT2D eigenvalue weighted by molar-refractivity contribution is -0.127. The molecule has 0 aliphatic rings. The fraction of sp³-hybridized carbons (Fsp3) is 0.750. The summed E-state index contributed by atoms with van der Waals surface area (Å²) in [6, 6.07) is -0.610. The molecule has 0 bridgehead atoms. The predicted molar refractivity (Wildman–Crippen MR) is 49.6 cm³/mol. The van der Waals surface area contributed by atoms with Crippen molar-refractivity contribution < 1.29 is 9.59 Å². The van der Waals surface area contributed by atoms with Crippen LogP contribution in [0.15, 0.2) is 0 Å². The fourth-order valence-corrected chi connectivity index (χ4v) is 0.962. The van der Waals surface area contributed by atoms with E-state index in [1.165, 1.54) is 0 Å². The number of rotatable bonds is 5. The number of carbonyl (C=O) groups excluding carboxylic acids is 2. The quantitative estimate of drug-likeness (QED) is 0.512. The zero-order chi connectivity index (χ0) is 10.4. The Bertz CT molecular complexity index is 194. The number of hydrogen-bond donors (Lipinski definition) is 3. The van der Waals surface area contributed by atoms with Crippen LogP contribution in [-0.4, -0.2) is 24.4 Å². The van der Waals surface area contributed by atoms with Crippen LogP contribution in [-0.2, 0) is 9.59 Å². The molecule has 76 valence electrons. The molecule has 5 N–H and O–H groups in total. The molecular formula is C8H17N3O2. The van der Waals surface area contributed by atoms with Gasteiger partial charge in [-0.2, -0.15) is 0 Å². The van der Waals surface area contributed by atoms with Crippen molar-refractivity contribution in [1.82, 2.24) is 5.32 Å². The Morgan fingerprint density at radius 2 is 2.00 bits per heavy atom. The maximum absolute atomic E-state index is 10.9. The molecule has 5 heteroatoms. The van der Waals surface area contributed by atoms with Crippen LogP contribution in [0.5, 0.6) is 0 Å². The van der Waals surface area contributed by atoms with Crippen molar-refractivity contribution in [3.63, 3.8) is 0 Å². The van der Waals surface area contributed by atoms with Gasteiger partial charge in [0.15, 0.2) is 0 Å². The second kappa shape index (κ2) is 5.53. The summed E-state index contributed by atoms with van der Waals surface area (Å²) in [5.41, 5.74) is 10.2. The van der Waals surface area contributed by atoms with Crippen molar-refractivity contribution in [2.24, 2.45) is 17.4 Å². The van der Waals surface area contributed by atoms with Gasteiger partial charge in [-0.05, 0) is 5.92 Å². The molecule has 0 aromatic carbocycles.